The first kappa shape index (κ1) is 13.0. The van der Waals surface area contributed by atoms with Gasteiger partial charge in [0.15, 0.2) is 0 Å². The SMILES string of the molecule is Cc1ccc(-n2c3ccccc3c3c(O)cc(C)cc32)cc1. The Morgan fingerprint density at radius 2 is 1.50 bits per heavy atom. The van der Waals surface area contributed by atoms with Crippen molar-refractivity contribution in [1.29, 1.82) is 0 Å². The van der Waals surface area contributed by atoms with Gasteiger partial charge in [-0.15, -0.1) is 0 Å². The van der Waals surface area contributed by atoms with E-state index in [9.17, 15) is 5.11 Å². The van der Waals surface area contributed by atoms with Gasteiger partial charge < -0.3 is 9.67 Å². The highest BCUT2D eigenvalue weighted by molar-refractivity contribution is 6.12. The second-order valence-corrected chi connectivity index (χ2v) is 5.87. The van der Waals surface area contributed by atoms with E-state index in [0.717, 1.165) is 33.1 Å². The number of benzene rings is 3. The predicted octanol–water partition coefficient (Wildman–Crippen LogP) is 5.11. The first-order chi connectivity index (χ1) is 10.6. The molecule has 4 rings (SSSR count). The van der Waals surface area contributed by atoms with Gasteiger partial charge in [0.25, 0.3) is 0 Å². The van der Waals surface area contributed by atoms with Crippen LogP contribution in [0.2, 0.25) is 0 Å². The summed E-state index contributed by atoms with van der Waals surface area (Å²) in [5.74, 6) is 0.345. The van der Waals surface area contributed by atoms with E-state index in [2.05, 4.69) is 54.0 Å². The molecule has 0 atom stereocenters. The van der Waals surface area contributed by atoms with Crippen LogP contribution in [0.1, 0.15) is 11.1 Å². The lowest BCUT2D eigenvalue weighted by molar-refractivity contribution is 0.481. The maximum absolute atomic E-state index is 10.4. The Labute approximate surface area is 129 Å². The number of phenolic OH excluding ortho intramolecular Hbond substituents is 1. The molecule has 1 N–H and O–H groups in total. The average Bonchev–Trinajstić information content (AvgIpc) is 2.82. The number of aromatic nitrogens is 1. The zero-order chi connectivity index (χ0) is 15.3. The molecule has 0 radical (unpaired) electrons. The molecule has 0 unspecified atom stereocenters. The van der Waals surface area contributed by atoms with Crippen LogP contribution < -0.4 is 0 Å². The van der Waals surface area contributed by atoms with Crippen molar-refractivity contribution in [2.24, 2.45) is 0 Å². The number of aryl methyl sites for hydroxylation is 2. The second-order valence-electron chi connectivity index (χ2n) is 5.87. The number of nitrogens with zero attached hydrogens (tertiary/aromatic N) is 1. The minimum absolute atomic E-state index is 0.345. The Bertz CT molecular complexity index is 994. The second kappa shape index (κ2) is 4.63. The summed E-state index contributed by atoms with van der Waals surface area (Å²) in [4.78, 5) is 0. The van der Waals surface area contributed by atoms with Crippen LogP contribution in [0.15, 0.2) is 60.7 Å². The fourth-order valence-corrected chi connectivity index (χ4v) is 3.18. The minimum atomic E-state index is 0.345. The zero-order valence-corrected chi connectivity index (χ0v) is 12.7. The van der Waals surface area contributed by atoms with Crippen LogP contribution in [0.25, 0.3) is 27.5 Å². The highest BCUT2D eigenvalue weighted by Gasteiger charge is 2.15. The Hall–Kier alpha value is -2.74. The molecule has 0 amide bonds. The van der Waals surface area contributed by atoms with Crippen molar-refractivity contribution in [1.82, 2.24) is 4.57 Å². The molecular formula is C20H17NO. The molecule has 0 aliphatic carbocycles. The van der Waals surface area contributed by atoms with E-state index >= 15 is 0 Å². The first-order valence-electron chi connectivity index (χ1n) is 7.45. The summed E-state index contributed by atoms with van der Waals surface area (Å²) in [6.07, 6.45) is 0. The number of hydrogen-bond acceptors (Lipinski definition) is 1. The van der Waals surface area contributed by atoms with Crippen LogP contribution in [0.3, 0.4) is 0 Å². The van der Waals surface area contributed by atoms with Crippen LogP contribution in [-0.4, -0.2) is 9.67 Å². The first-order valence-corrected chi connectivity index (χ1v) is 7.45. The lowest BCUT2D eigenvalue weighted by Crippen LogP contribution is -1.93. The fourth-order valence-electron chi connectivity index (χ4n) is 3.18. The fraction of sp³-hybridized carbons (Fsp3) is 0.100. The third-order valence-electron chi connectivity index (χ3n) is 4.19. The third kappa shape index (κ3) is 1.81. The van der Waals surface area contributed by atoms with Gasteiger partial charge in [0.1, 0.15) is 5.75 Å². The van der Waals surface area contributed by atoms with Gasteiger partial charge in [-0.3, -0.25) is 0 Å². The van der Waals surface area contributed by atoms with Crippen molar-refractivity contribution in [3.05, 3.63) is 71.8 Å². The van der Waals surface area contributed by atoms with Crippen LogP contribution in [0.4, 0.5) is 0 Å². The minimum Gasteiger partial charge on any atom is -0.507 e. The van der Waals surface area contributed by atoms with Gasteiger partial charge in [0.2, 0.25) is 0 Å². The van der Waals surface area contributed by atoms with Gasteiger partial charge in [-0.1, -0.05) is 35.9 Å². The van der Waals surface area contributed by atoms with Crippen LogP contribution in [0, 0.1) is 13.8 Å². The van der Waals surface area contributed by atoms with Gasteiger partial charge in [-0.2, -0.15) is 0 Å². The van der Waals surface area contributed by atoms with Gasteiger partial charge in [-0.25, -0.2) is 0 Å². The highest BCUT2D eigenvalue weighted by Crippen LogP contribution is 2.37. The van der Waals surface area contributed by atoms with Crippen LogP contribution in [-0.2, 0) is 0 Å². The molecule has 1 aromatic heterocycles. The van der Waals surface area contributed by atoms with Crippen molar-refractivity contribution in [3.63, 3.8) is 0 Å². The summed E-state index contributed by atoms with van der Waals surface area (Å²) in [5, 5.41) is 12.4. The number of aromatic hydroxyl groups is 1. The Morgan fingerprint density at radius 3 is 2.27 bits per heavy atom. The molecule has 0 saturated carbocycles. The average molecular weight is 287 g/mol. The highest BCUT2D eigenvalue weighted by atomic mass is 16.3. The molecule has 108 valence electrons. The summed E-state index contributed by atoms with van der Waals surface area (Å²) < 4.78 is 2.22. The number of fused-ring (bicyclic) bond motifs is 3. The molecule has 1 heterocycles. The van der Waals surface area contributed by atoms with E-state index in [4.69, 9.17) is 0 Å². The monoisotopic (exact) mass is 287 g/mol. The molecular weight excluding hydrogens is 270 g/mol. The van der Waals surface area contributed by atoms with Gasteiger partial charge in [0, 0.05) is 16.5 Å². The topological polar surface area (TPSA) is 25.2 Å². The smallest absolute Gasteiger partial charge is 0.125 e. The molecule has 4 aromatic rings. The van der Waals surface area contributed by atoms with Gasteiger partial charge >= 0.3 is 0 Å². The molecule has 0 saturated heterocycles. The summed E-state index contributed by atoms with van der Waals surface area (Å²) >= 11 is 0. The maximum atomic E-state index is 10.4. The number of hydrogen-bond donors (Lipinski definition) is 1. The molecule has 2 heteroatoms. The summed E-state index contributed by atoms with van der Waals surface area (Å²) in [5.41, 5.74) is 5.57. The quantitative estimate of drug-likeness (QED) is 0.517. The van der Waals surface area contributed by atoms with E-state index < -0.39 is 0 Å². The number of phenols is 1. The molecule has 0 bridgehead atoms. The lowest BCUT2D eigenvalue weighted by Gasteiger charge is -2.08. The zero-order valence-electron chi connectivity index (χ0n) is 12.7. The van der Waals surface area contributed by atoms with Gasteiger partial charge in [-0.05, 0) is 49.7 Å². The van der Waals surface area contributed by atoms with Crippen molar-refractivity contribution in [2.45, 2.75) is 13.8 Å². The van der Waals surface area contributed by atoms with Crippen molar-refractivity contribution >= 4 is 21.8 Å². The normalized spacial score (nSPS) is 11.4. The summed E-state index contributed by atoms with van der Waals surface area (Å²) in [6.45, 7) is 4.10. The van der Waals surface area contributed by atoms with E-state index in [1.54, 1.807) is 0 Å². The molecule has 0 fully saturated rings. The van der Waals surface area contributed by atoms with Crippen LogP contribution >= 0.6 is 0 Å². The number of para-hydroxylation sites is 1. The van der Waals surface area contributed by atoms with E-state index in [1.807, 2.05) is 25.1 Å². The predicted molar refractivity (Wildman–Crippen MR) is 91.9 cm³/mol. The largest absolute Gasteiger partial charge is 0.507 e. The summed E-state index contributed by atoms with van der Waals surface area (Å²) in [7, 11) is 0. The Balaban J connectivity index is 2.21. The number of rotatable bonds is 1. The molecule has 2 nitrogen and oxygen atoms in total. The molecule has 0 aliphatic rings. The van der Waals surface area contributed by atoms with Crippen molar-refractivity contribution in [2.75, 3.05) is 0 Å². The molecule has 22 heavy (non-hydrogen) atoms. The van der Waals surface area contributed by atoms with Crippen LogP contribution in [0.5, 0.6) is 5.75 Å². The van der Waals surface area contributed by atoms with Crippen molar-refractivity contribution in [3.8, 4) is 11.4 Å². The Kier molecular flexibility index (Phi) is 2.73. The van der Waals surface area contributed by atoms with Crippen molar-refractivity contribution < 1.29 is 5.11 Å². The lowest BCUT2D eigenvalue weighted by atomic mass is 10.1. The Morgan fingerprint density at radius 1 is 0.773 bits per heavy atom. The maximum Gasteiger partial charge on any atom is 0.125 e. The standard InChI is InChI=1S/C20H17NO/c1-13-7-9-15(10-8-13)21-17-6-4-3-5-16(17)20-18(21)11-14(2)12-19(20)22/h3-12,22H,1-2H3. The molecule has 0 aliphatic heterocycles. The van der Waals surface area contributed by atoms with E-state index in [-0.39, 0.29) is 0 Å². The molecule has 0 spiro atoms. The summed E-state index contributed by atoms with van der Waals surface area (Å²) in [6, 6.07) is 20.7. The van der Waals surface area contributed by atoms with Gasteiger partial charge in [0.05, 0.1) is 11.0 Å². The third-order valence-corrected chi connectivity index (χ3v) is 4.19. The van der Waals surface area contributed by atoms with E-state index in [0.29, 0.717) is 5.75 Å². The van der Waals surface area contributed by atoms with E-state index in [1.165, 1.54) is 5.56 Å². The molecule has 3 aromatic carbocycles.